The molecule has 0 spiro atoms. The van der Waals surface area contributed by atoms with Crippen molar-refractivity contribution in [2.75, 3.05) is 26.7 Å². The lowest BCUT2D eigenvalue weighted by molar-refractivity contribution is -0.139. The maximum absolute atomic E-state index is 13.6. The molecule has 5 nitrogen and oxygen atoms in total. The van der Waals surface area contributed by atoms with Crippen molar-refractivity contribution < 1.29 is 14.3 Å². The minimum absolute atomic E-state index is 0.00386. The Bertz CT molecular complexity index is 1170. The summed E-state index contributed by atoms with van der Waals surface area (Å²) < 4.78 is 5.31. The van der Waals surface area contributed by atoms with Crippen LogP contribution in [0.4, 0.5) is 0 Å². The molecule has 0 bridgehead atoms. The van der Waals surface area contributed by atoms with E-state index in [9.17, 15) is 9.59 Å². The van der Waals surface area contributed by atoms with Crippen molar-refractivity contribution in [3.63, 3.8) is 0 Å². The van der Waals surface area contributed by atoms with Crippen molar-refractivity contribution in [3.8, 4) is 5.75 Å². The first-order chi connectivity index (χ1) is 16.6. The van der Waals surface area contributed by atoms with Crippen LogP contribution >= 0.6 is 11.3 Å². The van der Waals surface area contributed by atoms with Crippen molar-refractivity contribution >= 4 is 29.2 Å². The number of amides is 2. The fourth-order valence-corrected chi connectivity index (χ4v) is 5.11. The number of fused-ring (bicyclic) bond motifs is 1. The smallest absolute Gasteiger partial charge is 0.247 e. The molecular formula is C28H28N2O3S. The van der Waals surface area contributed by atoms with E-state index in [2.05, 4.69) is 18.0 Å². The molecule has 0 saturated carbocycles. The number of carbonyl (C=O) groups excluding carboxylic acids is 2. The van der Waals surface area contributed by atoms with Gasteiger partial charge in [-0.2, -0.15) is 0 Å². The SMILES string of the molecule is C=CCN(CC(=O)N1CCc2sccc2C1c1ccc(OC)cc1)C(=O)C=Cc1ccccc1. The topological polar surface area (TPSA) is 49.9 Å². The summed E-state index contributed by atoms with van der Waals surface area (Å²) in [7, 11) is 1.64. The number of nitrogens with zero attached hydrogens (tertiary/aromatic N) is 2. The average Bonchev–Trinajstić information content (AvgIpc) is 3.36. The molecule has 2 amide bonds. The van der Waals surface area contributed by atoms with E-state index in [1.807, 2.05) is 59.5 Å². The van der Waals surface area contributed by atoms with Gasteiger partial charge >= 0.3 is 0 Å². The van der Waals surface area contributed by atoms with E-state index in [4.69, 9.17) is 4.74 Å². The number of hydrogen-bond acceptors (Lipinski definition) is 4. The monoisotopic (exact) mass is 472 g/mol. The maximum Gasteiger partial charge on any atom is 0.247 e. The zero-order valence-electron chi connectivity index (χ0n) is 19.2. The number of rotatable bonds is 8. The van der Waals surface area contributed by atoms with Gasteiger partial charge in [0.1, 0.15) is 12.3 Å². The Labute approximate surface area is 204 Å². The zero-order chi connectivity index (χ0) is 23.9. The summed E-state index contributed by atoms with van der Waals surface area (Å²) in [5, 5.41) is 2.08. The van der Waals surface area contributed by atoms with Gasteiger partial charge in [0.25, 0.3) is 0 Å². The number of benzene rings is 2. The Kier molecular flexibility index (Phi) is 7.60. The Morgan fingerprint density at radius 1 is 1.15 bits per heavy atom. The molecule has 6 heteroatoms. The van der Waals surface area contributed by atoms with Crippen molar-refractivity contribution in [1.82, 2.24) is 9.80 Å². The van der Waals surface area contributed by atoms with Crippen LogP contribution in [-0.2, 0) is 16.0 Å². The molecule has 34 heavy (non-hydrogen) atoms. The molecule has 4 rings (SSSR count). The van der Waals surface area contributed by atoms with E-state index in [0.717, 1.165) is 28.9 Å². The molecule has 1 aromatic heterocycles. The molecule has 3 aromatic rings. The molecule has 0 saturated heterocycles. The molecule has 1 aliphatic heterocycles. The second-order valence-corrected chi connectivity index (χ2v) is 9.06. The Morgan fingerprint density at radius 2 is 1.91 bits per heavy atom. The van der Waals surface area contributed by atoms with E-state index in [-0.39, 0.29) is 24.4 Å². The fraction of sp³-hybridized carbons (Fsp3) is 0.214. The summed E-state index contributed by atoms with van der Waals surface area (Å²) in [6, 6.07) is 19.4. The Morgan fingerprint density at radius 3 is 2.62 bits per heavy atom. The molecule has 174 valence electrons. The lowest BCUT2D eigenvalue weighted by Crippen LogP contribution is -2.46. The number of methoxy groups -OCH3 is 1. The summed E-state index contributed by atoms with van der Waals surface area (Å²) in [6.45, 7) is 4.68. The van der Waals surface area contributed by atoms with Gasteiger partial charge in [0.05, 0.1) is 13.2 Å². The van der Waals surface area contributed by atoms with Crippen LogP contribution in [0.25, 0.3) is 6.08 Å². The van der Waals surface area contributed by atoms with Crippen LogP contribution in [0.3, 0.4) is 0 Å². The summed E-state index contributed by atoms with van der Waals surface area (Å²) >= 11 is 1.73. The van der Waals surface area contributed by atoms with Crippen LogP contribution in [0.5, 0.6) is 5.75 Å². The van der Waals surface area contributed by atoms with Crippen LogP contribution in [0.2, 0.25) is 0 Å². The molecule has 1 atom stereocenters. The largest absolute Gasteiger partial charge is 0.497 e. The van der Waals surface area contributed by atoms with Gasteiger partial charge in [0.15, 0.2) is 0 Å². The first-order valence-corrected chi connectivity index (χ1v) is 12.1. The van der Waals surface area contributed by atoms with Gasteiger partial charge in [0.2, 0.25) is 11.8 Å². The molecule has 2 aromatic carbocycles. The van der Waals surface area contributed by atoms with Crippen LogP contribution in [-0.4, -0.2) is 48.4 Å². The van der Waals surface area contributed by atoms with Gasteiger partial charge in [0, 0.05) is 24.0 Å². The van der Waals surface area contributed by atoms with E-state index < -0.39 is 0 Å². The van der Waals surface area contributed by atoms with Gasteiger partial charge in [-0.05, 0) is 52.8 Å². The lowest BCUT2D eigenvalue weighted by Gasteiger charge is -2.37. The molecule has 0 fully saturated rings. The van der Waals surface area contributed by atoms with Gasteiger partial charge in [-0.3, -0.25) is 9.59 Å². The zero-order valence-corrected chi connectivity index (χ0v) is 20.0. The van der Waals surface area contributed by atoms with Crippen molar-refractivity contribution in [1.29, 1.82) is 0 Å². The maximum atomic E-state index is 13.6. The highest BCUT2D eigenvalue weighted by Gasteiger charge is 2.33. The third kappa shape index (κ3) is 5.29. The summed E-state index contributed by atoms with van der Waals surface area (Å²) in [4.78, 5) is 31.2. The van der Waals surface area contributed by atoms with E-state index in [1.165, 1.54) is 15.9 Å². The van der Waals surface area contributed by atoms with Gasteiger partial charge in [-0.15, -0.1) is 17.9 Å². The number of thiophene rings is 1. The predicted octanol–water partition coefficient (Wildman–Crippen LogP) is 4.96. The number of carbonyl (C=O) groups is 2. The standard InChI is InChI=1S/C28H28N2O3S/c1-3-17-29(26(31)14-9-21-7-5-4-6-8-21)20-27(32)30-18-15-25-24(16-19-34-25)28(30)22-10-12-23(33-2)13-11-22/h3-14,16,19,28H,1,15,17-18,20H2,2H3. The molecule has 1 aliphatic rings. The van der Waals surface area contributed by atoms with Crippen molar-refractivity contribution in [2.45, 2.75) is 12.5 Å². The van der Waals surface area contributed by atoms with Crippen LogP contribution in [0.15, 0.2) is 84.8 Å². The molecule has 1 unspecified atom stereocenters. The molecule has 0 N–H and O–H groups in total. The molecular weight excluding hydrogens is 444 g/mol. The summed E-state index contributed by atoms with van der Waals surface area (Å²) in [5.74, 6) is 0.475. The third-order valence-corrected chi connectivity index (χ3v) is 6.92. The van der Waals surface area contributed by atoms with Crippen LogP contribution in [0.1, 0.15) is 27.6 Å². The molecule has 2 heterocycles. The number of hydrogen-bond donors (Lipinski definition) is 0. The fourth-order valence-electron chi connectivity index (χ4n) is 4.21. The van der Waals surface area contributed by atoms with Gasteiger partial charge < -0.3 is 14.5 Å². The minimum atomic E-state index is -0.216. The Hall–Kier alpha value is -3.64. The highest BCUT2D eigenvalue weighted by Crippen LogP contribution is 2.38. The summed E-state index contributed by atoms with van der Waals surface area (Å²) in [5.41, 5.74) is 3.11. The number of ether oxygens (including phenoxy) is 1. The highest BCUT2D eigenvalue weighted by atomic mass is 32.1. The minimum Gasteiger partial charge on any atom is -0.497 e. The van der Waals surface area contributed by atoms with Gasteiger partial charge in [-0.25, -0.2) is 0 Å². The predicted molar refractivity (Wildman–Crippen MR) is 137 cm³/mol. The van der Waals surface area contributed by atoms with Crippen molar-refractivity contribution in [2.24, 2.45) is 0 Å². The highest BCUT2D eigenvalue weighted by molar-refractivity contribution is 7.10. The summed E-state index contributed by atoms with van der Waals surface area (Å²) in [6.07, 6.45) is 5.74. The van der Waals surface area contributed by atoms with E-state index in [0.29, 0.717) is 13.1 Å². The third-order valence-electron chi connectivity index (χ3n) is 5.92. The molecule has 0 radical (unpaired) electrons. The van der Waals surface area contributed by atoms with E-state index >= 15 is 0 Å². The average molecular weight is 473 g/mol. The quantitative estimate of drug-likeness (QED) is 0.344. The first-order valence-electron chi connectivity index (χ1n) is 11.2. The van der Waals surface area contributed by atoms with E-state index in [1.54, 1.807) is 30.6 Å². The molecule has 0 aliphatic carbocycles. The van der Waals surface area contributed by atoms with Crippen LogP contribution in [0, 0.1) is 0 Å². The van der Waals surface area contributed by atoms with Gasteiger partial charge in [-0.1, -0.05) is 48.5 Å². The first kappa shape index (κ1) is 23.5. The second-order valence-electron chi connectivity index (χ2n) is 8.06. The lowest BCUT2D eigenvalue weighted by atomic mass is 9.93. The van der Waals surface area contributed by atoms with Crippen molar-refractivity contribution in [3.05, 3.63) is 106 Å². The Balaban J connectivity index is 1.55. The van der Waals surface area contributed by atoms with Crippen LogP contribution < -0.4 is 4.74 Å². The second kappa shape index (κ2) is 11.0. The normalized spacial score (nSPS) is 15.1.